The van der Waals surface area contributed by atoms with Crippen molar-refractivity contribution in [3.05, 3.63) is 48.2 Å². The smallest absolute Gasteiger partial charge is 0.276 e. The van der Waals surface area contributed by atoms with E-state index < -0.39 is 0 Å². The molecule has 6 nitrogen and oxygen atoms in total. The lowest BCUT2D eigenvalue weighted by molar-refractivity contribution is 0.102. The standard InChI is InChI=1S/C19H23N5O/c1-12(2)11-24-18(13(3)4)15(10-22-24)23-19(25)17-16-14(7-9-21-17)6-5-8-20-16/h5-10,12-13H,11H2,1-4H3,(H,23,25). The van der Waals surface area contributed by atoms with Crippen LogP contribution in [0.4, 0.5) is 5.69 Å². The third-order valence-corrected chi connectivity index (χ3v) is 3.95. The SMILES string of the molecule is CC(C)Cn1ncc(NC(=O)c2nccc3cccnc23)c1C(C)C. The maximum atomic E-state index is 12.8. The highest BCUT2D eigenvalue weighted by Crippen LogP contribution is 2.26. The van der Waals surface area contributed by atoms with Crippen LogP contribution in [0, 0.1) is 5.92 Å². The Hall–Kier alpha value is -2.76. The zero-order chi connectivity index (χ0) is 18.0. The molecule has 0 radical (unpaired) electrons. The zero-order valence-corrected chi connectivity index (χ0v) is 15.0. The second kappa shape index (κ2) is 7.01. The van der Waals surface area contributed by atoms with Crippen molar-refractivity contribution in [1.29, 1.82) is 0 Å². The monoisotopic (exact) mass is 337 g/mol. The molecule has 0 aliphatic carbocycles. The van der Waals surface area contributed by atoms with Crippen molar-refractivity contribution >= 4 is 22.5 Å². The molecule has 0 bridgehead atoms. The summed E-state index contributed by atoms with van der Waals surface area (Å²) >= 11 is 0. The van der Waals surface area contributed by atoms with Gasteiger partial charge >= 0.3 is 0 Å². The van der Waals surface area contributed by atoms with Gasteiger partial charge in [0.25, 0.3) is 5.91 Å². The number of hydrogen-bond donors (Lipinski definition) is 1. The van der Waals surface area contributed by atoms with Gasteiger partial charge in [-0.25, -0.2) is 4.98 Å². The van der Waals surface area contributed by atoms with Gasteiger partial charge in [-0.1, -0.05) is 33.8 Å². The number of hydrogen-bond acceptors (Lipinski definition) is 4. The minimum Gasteiger partial charge on any atom is -0.318 e. The van der Waals surface area contributed by atoms with E-state index in [-0.39, 0.29) is 11.8 Å². The van der Waals surface area contributed by atoms with E-state index >= 15 is 0 Å². The number of nitrogens with zero attached hydrogens (tertiary/aromatic N) is 4. The molecule has 0 saturated heterocycles. The minimum absolute atomic E-state index is 0.246. The predicted molar refractivity (Wildman–Crippen MR) is 98.6 cm³/mol. The first-order valence-corrected chi connectivity index (χ1v) is 8.54. The number of carbonyl (C=O) groups is 1. The molecule has 1 amide bonds. The van der Waals surface area contributed by atoms with Crippen molar-refractivity contribution in [2.45, 2.75) is 40.2 Å². The average Bonchev–Trinajstić information content (AvgIpc) is 2.95. The van der Waals surface area contributed by atoms with Gasteiger partial charge in [0.2, 0.25) is 0 Å². The molecule has 3 aromatic heterocycles. The third kappa shape index (κ3) is 3.52. The molecule has 0 aliphatic heterocycles. The fraction of sp³-hybridized carbons (Fsp3) is 0.368. The Morgan fingerprint density at radius 1 is 1.16 bits per heavy atom. The summed E-state index contributed by atoms with van der Waals surface area (Å²) in [6.07, 6.45) is 5.01. The summed E-state index contributed by atoms with van der Waals surface area (Å²) in [5, 5.41) is 8.31. The maximum Gasteiger partial charge on any atom is 0.276 e. The largest absolute Gasteiger partial charge is 0.318 e. The second-order valence-corrected chi connectivity index (χ2v) is 6.86. The van der Waals surface area contributed by atoms with Crippen LogP contribution in [0.2, 0.25) is 0 Å². The second-order valence-electron chi connectivity index (χ2n) is 6.86. The number of aromatic nitrogens is 4. The van der Waals surface area contributed by atoms with Crippen molar-refractivity contribution in [3.63, 3.8) is 0 Å². The van der Waals surface area contributed by atoms with Crippen molar-refractivity contribution in [2.75, 3.05) is 5.32 Å². The number of fused-ring (bicyclic) bond motifs is 1. The molecule has 130 valence electrons. The van der Waals surface area contributed by atoms with E-state index in [4.69, 9.17) is 0 Å². The molecule has 0 spiro atoms. The van der Waals surface area contributed by atoms with Crippen LogP contribution in [0.1, 0.15) is 49.8 Å². The van der Waals surface area contributed by atoms with E-state index in [1.165, 1.54) is 0 Å². The first-order valence-electron chi connectivity index (χ1n) is 8.54. The highest BCUT2D eigenvalue weighted by Gasteiger charge is 2.19. The van der Waals surface area contributed by atoms with Gasteiger partial charge in [0.05, 0.1) is 17.6 Å². The molecule has 6 heteroatoms. The van der Waals surface area contributed by atoms with E-state index in [0.29, 0.717) is 17.1 Å². The van der Waals surface area contributed by atoms with E-state index in [9.17, 15) is 4.79 Å². The molecule has 3 rings (SSSR count). The summed E-state index contributed by atoms with van der Waals surface area (Å²) < 4.78 is 1.97. The number of rotatable bonds is 5. The molecule has 0 atom stereocenters. The average molecular weight is 337 g/mol. The topological polar surface area (TPSA) is 72.7 Å². The Bertz CT molecular complexity index is 892. The fourth-order valence-corrected chi connectivity index (χ4v) is 2.94. The quantitative estimate of drug-likeness (QED) is 0.767. The number of amides is 1. The number of anilines is 1. The maximum absolute atomic E-state index is 12.8. The van der Waals surface area contributed by atoms with Crippen molar-refractivity contribution < 1.29 is 4.79 Å². The third-order valence-electron chi connectivity index (χ3n) is 3.95. The summed E-state index contributed by atoms with van der Waals surface area (Å²) in [4.78, 5) is 21.3. The van der Waals surface area contributed by atoms with Crippen LogP contribution >= 0.6 is 0 Å². The van der Waals surface area contributed by atoms with Crippen LogP contribution < -0.4 is 5.32 Å². The first kappa shape index (κ1) is 17.1. The normalized spacial score (nSPS) is 11.4. The number of carbonyl (C=O) groups excluding carboxylic acids is 1. The van der Waals surface area contributed by atoms with E-state index in [1.54, 1.807) is 18.6 Å². The molecular weight excluding hydrogens is 314 g/mol. The molecule has 0 aromatic carbocycles. The van der Waals surface area contributed by atoms with Crippen molar-refractivity contribution in [3.8, 4) is 0 Å². The van der Waals surface area contributed by atoms with Crippen LogP contribution in [0.3, 0.4) is 0 Å². The van der Waals surface area contributed by atoms with Crippen molar-refractivity contribution in [2.24, 2.45) is 5.92 Å². The Labute approximate surface area is 147 Å². The predicted octanol–water partition coefficient (Wildman–Crippen LogP) is 3.86. The van der Waals surface area contributed by atoms with Crippen LogP contribution in [0.5, 0.6) is 0 Å². The van der Waals surface area contributed by atoms with Crippen LogP contribution in [-0.4, -0.2) is 25.7 Å². The highest BCUT2D eigenvalue weighted by molar-refractivity contribution is 6.10. The summed E-state index contributed by atoms with van der Waals surface area (Å²) in [6, 6.07) is 5.61. The number of pyridine rings is 2. The van der Waals surface area contributed by atoms with Gasteiger partial charge in [0.15, 0.2) is 5.69 Å². The highest BCUT2D eigenvalue weighted by atomic mass is 16.1. The van der Waals surface area contributed by atoms with Crippen LogP contribution in [0.25, 0.3) is 10.9 Å². The molecule has 0 unspecified atom stereocenters. The Kier molecular flexibility index (Phi) is 4.79. The summed E-state index contributed by atoms with van der Waals surface area (Å²) in [7, 11) is 0. The lowest BCUT2D eigenvalue weighted by Gasteiger charge is -2.15. The van der Waals surface area contributed by atoms with Crippen LogP contribution in [0.15, 0.2) is 36.8 Å². The fourth-order valence-electron chi connectivity index (χ4n) is 2.94. The van der Waals surface area contributed by atoms with Gasteiger partial charge in [0, 0.05) is 24.3 Å². The zero-order valence-electron chi connectivity index (χ0n) is 15.0. The van der Waals surface area contributed by atoms with Gasteiger partial charge in [-0.2, -0.15) is 5.10 Å². The first-order chi connectivity index (χ1) is 12.0. The summed E-state index contributed by atoms with van der Waals surface area (Å²) in [5.74, 6) is 0.454. The van der Waals surface area contributed by atoms with Gasteiger partial charge in [0.1, 0.15) is 5.52 Å². The van der Waals surface area contributed by atoms with Crippen LogP contribution in [-0.2, 0) is 6.54 Å². The molecule has 25 heavy (non-hydrogen) atoms. The summed E-state index contributed by atoms with van der Waals surface area (Å²) in [6.45, 7) is 9.31. The Morgan fingerprint density at radius 3 is 2.68 bits per heavy atom. The molecule has 0 saturated carbocycles. The van der Waals surface area contributed by atoms with Gasteiger partial charge in [-0.15, -0.1) is 0 Å². The van der Waals surface area contributed by atoms with Gasteiger partial charge in [-0.05, 0) is 24.0 Å². The molecule has 3 heterocycles. The lowest BCUT2D eigenvalue weighted by atomic mass is 10.1. The molecule has 0 fully saturated rings. The Balaban J connectivity index is 1.94. The van der Waals surface area contributed by atoms with E-state index in [2.05, 4.69) is 48.1 Å². The summed E-state index contributed by atoms with van der Waals surface area (Å²) in [5.41, 5.74) is 2.68. The van der Waals surface area contributed by atoms with Gasteiger partial charge in [-0.3, -0.25) is 14.5 Å². The van der Waals surface area contributed by atoms with Gasteiger partial charge < -0.3 is 5.32 Å². The molecular formula is C19H23N5O. The van der Waals surface area contributed by atoms with E-state index in [1.807, 2.05) is 22.9 Å². The Morgan fingerprint density at radius 2 is 1.96 bits per heavy atom. The van der Waals surface area contributed by atoms with E-state index in [0.717, 1.165) is 23.3 Å². The minimum atomic E-state index is -0.268. The molecule has 0 aliphatic rings. The molecule has 1 N–H and O–H groups in total. The van der Waals surface area contributed by atoms with Crippen molar-refractivity contribution in [1.82, 2.24) is 19.7 Å². The number of nitrogens with one attached hydrogen (secondary N) is 1. The lowest BCUT2D eigenvalue weighted by Crippen LogP contribution is -2.17. The molecule has 3 aromatic rings.